The highest BCUT2D eigenvalue weighted by Crippen LogP contribution is 2.19. The topological polar surface area (TPSA) is 38.3 Å². The lowest BCUT2D eigenvalue weighted by Crippen LogP contribution is -2.22. The van der Waals surface area contributed by atoms with E-state index in [-0.39, 0.29) is 11.8 Å². The van der Waals surface area contributed by atoms with Gasteiger partial charge in [0.15, 0.2) is 0 Å². The number of halogens is 1. The molecular formula is C16H16FNO2. The van der Waals surface area contributed by atoms with E-state index in [9.17, 15) is 9.18 Å². The van der Waals surface area contributed by atoms with Crippen LogP contribution in [0.5, 0.6) is 0 Å². The predicted octanol–water partition coefficient (Wildman–Crippen LogP) is 3.19. The fraction of sp³-hybridized carbons (Fsp3) is 0.188. The number of benzene rings is 2. The summed E-state index contributed by atoms with van der Waals surface area (Å²) in [6.07, 6.45) is 0. The Labute approximate surface area is 117 Å². The Hall–Kier alpha value is -2.36. The maximum atomic E-state index is 13.1. The minimum Gasteiger partial charge on any atom is -0.468 e. The van der Waals surface area contributed by atoms with E-state index in [0.29, 0.717) is 12.2 Å². The van der Waals surface area contributed by atoms with Crippen LogP contribution in [0.4, 0.5) is 10.1 Å². The molecule has 4 heteroatoms. The Bertz CT molecular complexity index is 572. The molecule has 104 valence electrons. The average Bonchev–Trinajstić information content (AvgIpc) is 2.48. The molecule has 1 atom stereocenters. The van der Waals surface area contributed by atoms with Crippen LogP contribution in [0.1, 0.15) is 11.5 Å². The highest BCUT2D eigenvalue weighted by Gasteiger charge is 2.20. The van der Waals surface area contributed by atoms with E-state index >= 15 is 0 Å². The second-order valence-corrected chi connectivity index (χ2v) is 4.38. The number of esters is 1. The molecule has 0 radical (unpaired) electrons. The molecule has 2 aromatic rings. The number of rotatable bonds is 5. The zero-order valence-corrected chi connectivity index (χ0v) is 11.2. The van der Waals surface area contributed by atoms with Crippen LogP contribution in [-0.4, -0.2) is 19.6 Å². The van der Waals surface area contributed by atoms with E-state index in [0.717, 1.165) is 5.56 Å². The monoisotopic (exact) mass is 273 g/mol. The van der Waals surface area contributed by atoms with Crippen molar-refractivity contribution < 1.29 is 13.9 Å². The molecule has 3 nitrogen and oxygen atoms in total. The summed E-state index contributed by atoms with van der Waals surface area (Å²) < 4.78 is 17.9. The number of nitrogens with one attached hydrogen (secondary N) is 1. The maximum Gasteiger partial charge on any atom is 0.314 e. The third-order valence-electron chi connectivity index (χ3n) is 3.02. The van der Waals surface area contributed by atoms with Crippen molar-refractivity contribution >= 4 is 11.7 Å². The first-order valence-corrected chi connectivity index (χ1v) is 6.33. The summed E-state index contributed by atoms with van der Waals surface area (Å²) in [7, 11) is 1.36. The first-order chi connectivity index (χ1) is 9.70. The summed E-state index contributed by atoms with van der Waals surface area (Å²) >= 11 is 0. The lowest BCUT2D eigenvalue weighted by molar-refractivity contribution is -0.142. The van der Waals surface area contributed by atoms with Crippen molar-refractivity contribution in [1.82, 2.24) is 0 Å². The second-order valence-electron chi connectivity index (χ2n) is 4.38. The van der Waals surface area contributed by atoms with Gasteiger partial charge in [0.25, 0.3) is 0 Å². The molecule has 2 rings (SSSR count). The smallest absolute Gasteiger partial charge is 0.314 e. The summed E-state index contributed by atoms with van der Waals surface area (Å²) in [5.41, 5.74) is 1.50. The predicted molar refractivity (Wildman–Crippen MR) is 76.1 cm³/mol. The number of hydrogen-bond donors (Lipinski definition) is 1. The SMILES string of the molecule is COC(=O)C(CNc1cccc(F)c1)c1ccccc1. The van der Waals surface area contributed by atoms with Crippen molar-refractivity contribution in [1.29, 1.82) is 0 Å². The molecule has 1 unspecified atom stereocenters. The second kappa shape index (κ2) is 6.70. The molecule has 1 N–H and O–H groups in total. The lowest BCUT2D eigenvalue weighted by atomic mass is 9.99. The van der Waals surface area contributed by atoms with Crippen LogP contribution in [0.3, 0.4) is 0 Å². The van der Waals surface area contributed by atoms with Gasteiger partial charge >= 0.3 is 5.97 Å². The number of methoxy groups -OCH3 is 1. The Balaban J connectivity index is 2.11. The summed E-state index contributed by atoms with van der Waals surface area (Å²) in [5.74, 6) is -1.06. The first-order valence-electron chi connectivity index (χ1n) is 6.33. The molecule has 0 fully saturated rings. The lowest BCUT2D eigenvalue weighted by Gasteiger charge is -2.16. The van der Waals surface area contributed by atoms with Gasteiger partial charge in [0.1, 0.15) is 5.82 Å². The molecule has 0 spiro atoms. The molecule has 0 aliphatic rings. The molecule has 0 aliphatic heterocycles. The van der Waals surface area contributed by atoms with Crippen LogP contribution in [0, 0.1) is 5.82 Å². The van der Waals surface area contributed by atoms with E-state index in [2.05, 4.69) is 5.32 Å². The normalized spacial score (nSPS) is 11.7. The molecular weight excluding hydrogens is 257 g/mol. The molecule has 0 bridgehead atoms. The van der Waals surface area contributed by atoms with Crippen molar-refractivity contribution in [3.63, 3.8) is 0 Å². The third-order valence-corrected chi connectivity index (χ3v) is 3.02. The van der Waals surface area contributed by atoms with Gasteiger partial charge in [-0.25, -0.2) is 4.39 Å². The highest BCUT2D eigenvalue weighted by atomic mass is 19.1. The Kier molecular flexibility index (Phi) is 4.71. The van der Waals surface area contributed by atoms with Gasteiger partial charge in [-0.05, 0) is 23.8 Å². The number of ether oxygens (including phenoxy) is 1. The van der Waals surface area contributed by atoms with Crippen molar-refractivity contribution in [3.05, 3.63) is 66.0 Å². The highest BCUT2D eigenvalue weighted by molar-refractivity contribution is 5.78. The van der Waals surface area contributed by atoms with E-state index in [1.165, 1.54) is 19.2 Å². The van der Waals surface area contributed by atoms with Crippen LogP contribution < -0.4 is 5.32 Å². The van der Waals surface area contributed by atoms with Gasteiger partial charge < -0.3 is 10.1 Å². The number of carbonyl (C=O) groups is 1. The van der Waals surface area contributed by atoms with Crippen molar-refractivity contribution in [2.45, 2.75) is 5.92 Å². The maximum absolute atomic E-state index is 13.1. The molecule has 20 heavy (non-hydrogen) atoms. The fourth-order valence-corrected chi connectivity index (χ4v) is 1.98. The average molecular weight is 273 g/mol. The molecule has 0 saturated heterocycles. The zero-order valence-electron chi connectivity index (χ0n) is 11.2. The molecule has 0 heterocycles. The van der Waals surface area contributed by atoms with Gasteiger partial charge in [-0.3, -0.25) is 4.79 Å². The molecule has 0 aliphatic carbocycles. The Morgan fingerprint density at radius 3 is 2.60 bits per heavy atom. The minimum absolute atomic E-state index is 0.315. The molecule has 0 amide bonds. The van der Waals surface area contributed by atoms with Crippen molar-refractivity contribution in [2.75, 3.05) is 19.0 Å². The molecule has 0 saturated carbocycles. The van der Waals surface area contributed by atoms with Crippen LogP contribution in [0.2, 0.25) is 0 Å². The van der Waals surface area contributed by atoms with Gasteiger partial charge in [0.05, 0.1) is 13.0 Å². The van der Waals surface area contributed by atoms with Gasteiger partial charge in [0, 0.05) is 12.2 Å². The molecule has 2 aromatic carbocycles. The van der Waals surface area contributed by atoms with Crippen molar-refractivity contribution in [3.8, 4) is 0 Å². The summed E-state index contributed by atoms with van der Waals surface area (Å²) in [6, 6.07) is 15.5. The van der Waals surface area contributed by atoms with Crippen molar-refractivity contribution in [2.24, 2.45) is 0 Å². The Morgan fingerprint density at radius 1 is 1.20 bits per heavy atom. The van der Waals surface area contributed by atoms with E-state index in [4.69, 9.17) is 4.74 Å². The number of carbonyl (C=O) groups excluding carboxylic acids is 1. The largest absolute Gasteiger partial charge is 0.468 e. The van der Waals surface area contributed by atoms with Crippen LogP contribution in [0.15, 0.2) is 54.6 Å². The summed E-state index contributed by atoms with van der Waals surface area (Å²) in [6.45, 7) is 0.347. The van der Waals surface area contributed by atoms with Crippen LogP contribution in [-0.2, 0) is 9.53 Å². The number of anilines is 1. The Morgan fingerprint density at radius 2 is 1.95 bits per heavy atom. The van der Waals surface area contributed by atoms with E-state index < -0.39 is 5.92 Å². The van der Waals surface area contributed by atoms with Gasteiger partial charge in [0.2, 0.25) is 0 Å². The zero-order chi connectivity index (χ0) is 14.4. The van der Waals surface area contributed by atoms with Gasteiger partial charge in [-0.15, -0.1) is 0 Å². The quantitative estimate of drug-likeness (QED) is 0.850. The fourth-order valence-electron chi connectivity index (χ4n) is 1.98. The van der Waals surface area contributed by atoms with E-state index in [1.807, 2.05) is 30.3 Å². The minimum atomic E-state index is -0.426. The third kappa shape index (κ3) is 3.57. The summed E-state index contributed by atoms with van der Waals surface area (Å²) in [5, 5.41) is 3.06. The number of hydrogen-bond acceptors (Lipinski definition) is 3. The van der Waals surface area contributed by atoms with Crippen LogP contribution >= 0.6 is 0 Å². The van der Waals surface area contributed by atoms with Crippen LogP contribution in [0.25, 0.3) is 0 Å². The first kappa shape index (κ1) is 14.1. The van der Waals surface area contributed by atoms with Gasteiger partial charge in [-0.2, -0.15) is 0 Å². The van der Waals surface area contributed by atoms with Gasteiger partial charge in [-0.1, -0.05) is 36.4 Å². The summed E-state index contributed by atoms with van der Waals surface area (Å²) in [4.78, 5) is 11.9. The standard InChI is InChI=1S/C16H16FNO2/c1-20-16(19)15(12-6-3-2-4-7-12)11-18-14-9-5-8-13(17)10-14/h2-10,15,18H,11H2,1H3. The van der Waals surface area contributed by atoms with E-state index in [1.54, 1.807) is 12.1 Å². The molecule has 0 aromatic heterocycles.